The van der Waals surface area contributed by atoms with Crippen LogP contribution < -0.4 is 5.32 Å². The summed E-state index contributed by atoms with van der Waals surface area (Å²) in [5, 5.41) is 8.26. The van der Waals surface area contributed by atoms with Crippen LogP contribution in [0.25, 0.3) is 16.6 Å². The molecular formula is C34H42N6O3. The molecule has 1 N–H and O–H groups in total. The lowest BCUT2D eigenvalue weighted by molar-refractivity contribution is -0.133. The van der Waals surface area contributed by atoms with E-state index in [2.05, 4.69) is 22.2 Å². The Labute approximate surface area is 253 Å². The fraction of sp³-hybridized carbons (Fsp3) is 0.412. The molecule has 0 atom stereocenters. The van der Waals surface area contributed by atoms with Crippen molar-refractivity contribution in [3.8, 4) is 5.69 Å². The van der Waals surface area contributed by atoms with E-state index in [1.807, 2.05) is 72.7 Å². The highest BCUT2D eigenvalue weighted by Crippen LogP contribution is 2.25. The first-order valence-corrected chi connectivity index (χ1v) is 15.4. The third-order valence-electron chi connectivity index (χ3n) is 8.30. The minimum absolute atomic E-state index is 0.0728. The van der Waals surface area contributed by atoms with Crippen molar-refractivity contribution in [2.75, 3.05) is 38.0 Å². The lowest BCUT2D eigenvalue weighted by Crippen LogP contribution is -2.49. The summed E-state index contributed by atoms with van der Waals surface area (Å²) >= 11 is 0. The predicted molar refractivity (Wildman–Crippen MR) is 170 cm³/mol. The van der Waals surface area contributed by atoms with Crippen LogP contribution in [-0.4, -0.2) is 74.5 Å². The highest BCUT2D eigenvalue weighted by atomic mass is 16.2. The summed E-state index contributed by atoms with van der Waals surface area (Å²) in [6.07, 6.45) is 7.07. The van der Waals surface area contributed by atoms with Gasteiger partial charge in [0.1, 0.15) is 6.54 Å². The Bertz CT molecular complexity index is 1610. The van der Waals surface area contributed by atoms with Crippen molar-refractivity contribution in [3.05, 3.63) is 77.2 Å². The van der Waals surface area contributed by atoms with Crippen LogP contribution in [0.2, 0.25) is 0 Å². The molecule has 2 aromatic carbocycles. The van der Waals surface area contributed by atoms with Crippen LogP contribution in [0.5, 0.6) is 0 Å². The standard InChI is InChI=1S/C34H42N6O3/c1-5-7-15-37-16-18-38(19-17-37)33(42)23-39-22-30(28-20-24(3)9-14-31(28)39)34(43)36-26-10-12-27(13-11-26)40-25(4)29(21-35-40)32(41)8-6-2/h9-14,20-22H,5-8,15-19,23H2,1-4H3,(H,36,43). The number of carbonyl (C=O) groups is 3. The highest BCUT2D eigenvalue weighted by molar-refractivity contribution is 6.13. The van der Waals surface area contributed by atoms with Crippen LogP contribution in [0.1, 0.15) is 71.5 Å². The van der Waals surface area contributed by atoms with Crippen molar-refractivity contribution in [1.82, 2.24) is 24.1 Å². The van der Waals surface area contributed by atoms with Crippen LogP contribution in [0, 0.1) is 13.8 Å². The van der Waals surface area contributed by atoms with E-state index < -0.39 is 0 Å². The summed E-state index contributed by atoms with van der Waals surface area (Å²) in [5.41, 5.74) is 5.33. The van der Waals surface area contributed by atoms with Gasteiger partial charge in [-0.15, -0.1) is 0 Å². The summed E-state index contributed by atoms with van der Waals surface area (Å²) in [6, 6.07) is 13.4. The van der Waals surface area contributed by atoms with Crippen LogP contribution in [-0.2, 0) is 11.3 Å². The molecule has 4 aromatic rings. The van der Waals surface area contributed by atoms with Gasteiger partial charge in [-0.1, -0.05) is 31.9 Å². The maximum Gasteiger partial charge on any atom is 0.257 e. The fourth-order valence-electron chi connectivity index (χ4n) is 5.76. The van der Waals surface area contributed by atoms with Crippen molar-refractivity contribution in [2.45, 2.75) is 59.9 Å². The number of amides is 2. The predicted octanol–water partition coefficient (Wildman–Crippen LogP) is 5.62. The normalized spacial score (nSPS) is 13.9. The van der Waals surface area contributed by atoms with Gasteiger partial charge in [-0.2, -0.15) is 5.10 Å². The molecule has 226 valence electrons. The third-order valence-corrected chi connectivity index (χ3v) is 8.30. The molecule has 0 aliphatic carbocycles. The number of ketones is 1. The summed E-state index contributed by atoms with van der Waals surface area (Å²) in [4.78, 5) is 43.6. The van der Waals surface area contributed by atoms with Gasteiger partial charge in [0, 0.05) is 55.4 Å². The van der Waals surface area contributed by atoms with Crippen molar-refractivity contribution >= 4 is 34.2 Å². The molecule has 0 radical (unpaired) electrons. The van der Waals surface area contributed by atoms with Crippen molar-refractivity contribution in [3.63, 3.8) is 0 Å². The first-order chi connectivity index (χ1) is 20.8. The Balaban J connectivity index is 1.30. The molecule has 1 aliphatic heterocycles. The number of fused-ring (bicyclic) bond motifs is 1. The monoisotopic (exact) mass is 582 g/mol. The summed E-state index contributed by atoms with van der Waals surface area (Å²) < 4.78 is 3.64. The highest BCUT2D eigenvalue weighted by Gasteiger charge is 2.23. The maximum atomic E-state index is 13.5. The Morgan fingerprint density at radius 3 is 2.35 bits per heavy atom. The number of carbonyl (C=O) groups excluding carboxylic acids is 3. The number of rotatable bonds is 11. The topological polar surface area (TPSA) is 92.5 Å². The number of Topliss-reactive ketones (excluding diaryl/α,β-unsaturated/α-hetero) is 1. The first-order valence-electron chi connectivity index (χ1n) is 15.4. The van der Waals surface area contributed by atoms with Crippen LogP contribution in [0.4, 0.5) is 5.69 Å². The summed E-state index contributed by atoms with van der Waals surface area (Å²) in [5.74, 6) is -0.0679. The second-order valence-electron chi connectivity index (χ2n) is 11.5. The number of aryl methyl sites for hydroxylation is 1. The first kappa shape index (κ1) is 30.2. The van der Waals surface area contributed by atoms with Gasteiger partial charge in [0.15, 0.2) is 5.78 Å². The number of unbranched alkanes of at least 4 members (excludes halogenated alkanes) is 1. The van der Waals surface area contributed by atoms with Crippen molar-refractivity contribution in [2.24, 2.45) is 0 Å². The molecular weight excluding hydrogens is 540 g/mol. The molecule has 0 spiro atoms. The van der Waals surface area contributed by atoms with Gasteiger partial charge in [-0.25, -0.2) is 4.68 Å². The van der Waals surface area contributed by atoms with E-state index in [9.17, 15) is 14.4 Å². The second-order valence-corrected chi connectivity index (χ2v) is 11.5. The SMILES string of the molecule is CCCCN1CCN(C(=O)Cn2cc(C(=O)Nc3ccc(-n4ncc(C(=O)CCC)c4C)cc3)c3cc(C)ccc32)CC1. The van der Waals surface area contributed by atoms with E-state index in [1.165, 1.54) is 12.8 Å². The quantitative estimate of drug-likeness (QED) is 0.232. The number of nitrogens with one attached hydrogen (secondary N) is 1. The molecule has 2 aromatic heterocycles. The van der Waals surface area contributed by atoms with E-state index in [0.29, 0.717) is 23.2 Å². The molecule has 0 unspecified atom stereocenters. The van der Waals surface area contributed by atoms with Gasteiger partial charge in [0.05, 0.1) is 28.7 Å². The zero-order chi connectivity index (χ0) is 30.5. The van der Waals surface area contributed by atoms with Crippen molar-refractivity contribution in [1.29, 1.82) is 0 Å². The molecule has 2 amide bonds. The molecule has 1 saturated heterocycles. The molecule has 1 aliphatic rings. The number of nitrogens with zero attached hydrogens (tertiary/aromatic N) is 5. The average molecular weight is 583 g/mol. The van der Waals surface area contributed by atoms with Crippen molar-refractivity contribution < 1.29 is 14.4 Å². The van der Waals surface area contributed by atoms with Gasteiger partial charge in [-0.05, 0) is 69.6 Å². The van der Waals surface area contributed by atoms with Gasteiger partial charge < -0.3 is 14.8 Å². The van der Waals surface area contributed by atoms with E-state index >= 15 is 0 Å². The maximum absolute atomic E-state index is 13.5. The number of benzene rings is 2. The van der Waals surface area contributed by atoms with E-state index in [-0.39, 0.29) is 24.1 Å². The lowest BCUT2D eigenvalue weighted by Gasteiger charge is -2.34. The number of hydrogen-bond acceptors (Lipinski definition) is 5. The van der Waals surface area contributed by atoms with Crippen LogP contribution in [0.3, 0.4) is 0 Å². The molecule has 9 heteroatoms. The largest absolute Gasteiger partial charge is 0.339 e. The van der Waals surface area contributed by atoms with Crippen LogP contribution >= 0.6 is 0 Å². The zero-order valence-electron chi connectivity index (χ0n) is 25.7. The Morgan fingerprint density at radius 1 is 0.907 bits per heavy atom. The summed E-state index contributed by atoms with van der Waals surface area (Å²) in [6.45, 7) is 12.6. The lowest BCUT2D eigenvalue weighted by atomic mass is 10.1. The van der Waals surface area contributed by atoms with E-state index in [0.717, 1.165) is 67.0 Å². The minimum atomic E-state index is -0.234. The number of piperazine rings is 1. The molecule has 43 heavy (non-hydrogen) atoms. The zero-order valence-corrected chi connectivity index (χ0v) is 25.7. The molecule has 9 nitrogen and oxygen atoms in total. The van der Waals surface area contributed by atoms with Gasteiger partial charge in [-0.3, -0.25) is 19.3 Å². The minimum Gasteiger partial charge on any atom is -0.339 e. The van der Waals surface area contributed by atoms with E-state index in [4.69, 9.17) is 0 Å². The number of anilines is 1. The number of hydrogen-bond donors (Lipinski definition) is 1. The Kier molecular flexibility index (Phi) is 9.40. The Hall–Kier alpha value is -4.24. The smallest absolute Gasteiger partial charge is 0.257 e. The molecule has 3 heterocycles. The molecule has 0 bridgehead atoms. The Morgan fingerprint density at radius 2 is 1.65 bits per heavy atom. The molecule has 1 fully saturated rings. The third kappa shape index (κ3) is 6.72. The number of aromatic nitrogens is 3. The van der Waals surface area contributed by atoms with E-state index in [1.54, 1.807) is 17.1 Å². The fourth-order valence-corrected chi connectivity index (χ4v) is 5.76. The van der Waals surface area contributed by atoms with Gasteiger partial charge >= 0.3 is 0 Å². The second kappa shape index (κ2) is 13.4. The average Bonchev–Trinajstić information content (AvgIpc) is 3.56. The summed E-state index contributed by atoms with van der Waals surface area (Å²) in [7, 11) is 0. The van der Waals surface area contributed by atoms with Gasteiger partial charge in [0.25, 0.3) is 5.91 Å². The molecule has 5 rings (SSSR count). The van der Waals surface area contributed by atoms with Gasteiger partial charge in [0.2, 0.25) is 5.91 Å². The molecule has 0 saturated carbocycles. The van der Waals surface area contributed by atoms with Crippen LogP contribution in [0.15, 0.2) is 54.9 Å².